The Kier molecular flexibility index (Phi) is 4.78. The van der Waals surface area contributed by atoms with E-state index in [1.165, 1.54) is 7.11 Å². The van der Waals surface area contributed by atoms with E-state index in [1.54, 1.807) is 18.2 Å². The number of ether oxygens (including phenoxy) is 1. The van der Waals surface area contributed by atoms with Crippen LogP contribution in [0.4, 0.5) is 5.69 Å². The molecule has 1 aromatic rings. The molecule has 3 N–H and O–H groups in total. The number of primary amides is 1. The lowest BCUT2D eigenvalue weighted by Gasteiger charge is -2.10. The fourth-order valence-electron chi connectivity index (χ4n) is 1.23. The predicted molar refractivity (Wildman–Crippen MR) is 65.1 cm³/mol. The summed E-state index contributed by atoms with van der Waals surface area (Å²) in [5.74, 6) is -0.329. The van der Waals surface area contributed by atoms with Gasteiger partial charge in [-0.25, -0.2) is 0 Å². The number of hydrogen-bond acceptors (Lipinski definition) is 3. The molecule has 0 aromatic heterocycles. The Bertz CT molecular complexity index is 435. The van der Waals surface area contributed by atoms with Crippen molar-refractivity contribution in [3.63, 3.8) is 0 Å². The molecule has 0 bridgehead atoms. The third-order valence-corrected chi connectivity index (χ3v) is 2.27. The molecule has 5 nitrogen and oxygen atoms in total. The lowest BCUT2D eigenvalue weighted by atomic mass is 10.2. The van der Waals surface area contributed by atoms with Gasteiger partial charge in [-0.1, -0.05) is 11.6 Å². The van der Waals surface area contributed by atoms with Gasteiger partial charge in [0.1, 0.15) is 5.75 Å². The zero-order valence-electron chi connectivity index (χ0n) is 9.33. The summed E-state index contributed by atoms with van der Waals surface area (Å²) < 4.78 is 5.06. The van der Waals surface area contributed by atoms with Gasteiger partial charge in [0.2, 0.25) is 11.8 Å². The van der Waals surface area contributed by atoms with Gasteiger partial charge in [0.05, 0.1) is 12.8 Å². The van der Waals surface area contributed by atoms with Crippen LogP contribution in [0.25, 0.3) is 0 Å². The molecule has 0 aliphatic heterocycles. The summed E-state index contributed by atoms with van der Waals surface area (Å²) in [6.45, 7) is 0. The summed E-state index contributed by atoms with van der Waals surface area (Å²) in [5.41, 5.74) is 5.42. The van der Waals surface area contributed by atoms with Gasteiger partial charge in [-0.2, -0.15) is 0 Å². The second kappa shape index (κ2) is 6.10. The van der Waals surface area contributed by atoms with Crippen molar-refractivity contribution in [2.45, 2.75) is 12.8 Å². The van der Waals surface area contributed by atoms with Crippen LogP contribution in [0.1, 0.15) is 12.8 Å². The van der Waals surface area contributed by atoms with Crippen LogP contribution in [-0.4, -0.2) is 18.9 Å². The van der Waals surface area contributed by atoms with Gasteiger partial charge in [0, 0.05) is 17.9 Å². The SMILES string of the molecule is COc1ccc(Cl)cc1NC(=O)CCC(N)=O. The lowest BCUT2D eigenvalue weighted by Crippen LogP contribution is -2.17. The van der Waals surface area contributed by atoms with Crippen LogP contribution in [0.15, 0.2) is 18.2 Å². The fraction of sp³-hybridized carbons (Fsp3) is 0.273. The molecule has 0 saturated carbocycles. The molecule has 2 amide bonds. The Morgan fingerprint density at radius 1 is 1.41 bits per heavy atom. The highest BCUT2D eigenvalue weighted by atomic mass is 35.5. The van der Waals surface area contributed by atoms with Gasteiger partial charge in [0.25, 0.3) is 0 Å². The Labute approximate surface area is 104 Å². The lowest BCUT2D eigenvalue weighted by molar-refractivity contribution is -0.122. The maximum Gasteiger partial charge on any atom is 0.224 e. The summed E-state index contributed by atoms with van der Waals surface area (Å²) in [6, 6.07) is 4.87. The molecule has 92 valence electrons. The quantitative estimate of drug-likeness (QED) is 0.839. The summed E-state index contributed by atoms with van der Waals surface area (Å²) >= 11 is 5.80. The summed E-state index contributed by atoms with van der Waals surface area (Å²) in [6.07, 6.45) is 0.0414. The average Bonchev–Trinajstić information content (AvgIpc) is 2.27. The second-order valence-electron chi connectivity index (χ2n) is 3.36. The number of rotatable bonds is 5. The van der Waals surface area contributed by atoms with Gasteiger partial charge in [0.15, 0.2) is 0 Å². The van der Waals surface area contributed by atoms with Crippen LogP contribution in [0.2, 0.25) is 5.02 Å². The van der Waals surface area contributed by atoms with E-state index in [1.807, 2.05) is 0 Å². The van der Waals surface area contributed by atoms with Crippen LogP contribution < -0.4 is 15.8 Å². The zero-order valence-corrected chi connectivity index (χ0v) is 10.1. The second-order valence-corrected chi connectivity index (χ2v) is 3.80. The molecule has 6 heteroatoms. The predicted octanol–water partition coefficient (Wildman–Crippen LogP) is 1.55. The topological polar surface area (TPSA) is 81.4 Å². The Balaban J connectivity index is 2.69. The number of halogens is 1. The number of anilines is 1. The van der Waals surface area contributed by atoms with Crippen molar-refractivity contribution in [3.8, 4) is 5.75 Å². The molecule has 0 radical (unpaired) electrons. The van der Waals surface area contributed by atoms with Gasteiger partial charge >= 0.3 is 0 Å². The standard InChI is InChI=1S/C11H13ClN2O3/c1-17-9-3-2-7(12)6-8(9)14-11(16)5-4-10(13)15/h2-3,6H,4-5H2,1H3,(H2,13,15)(H,14,16). The first-order chi connectivity index (χ1) is 8.02. The minimum absolute atomic E-state index is 0.00865. The number of carbonyl (C=O) groups is 2. The van der Waals surface area contributed by atoms with Crippen molar-refractivity contribution in [1.29, 1.82) is 0 Å². The highest BCUT2D eigenvalue weighted by molar-refractivity contribution is 6.31. The van der Waals surface area contributed by atoms with E-state index in [9.17, 15) is 9.59 Å². The zero-order chi connectivity index (χ0) is 12.8. The van der Waals surface area contributed by atoms with E-state index in [4.69, 9.17) is 22.1 Å². The van der Waals surface area contributed by atoms with Gasteiger partial charge in [-0.15, -0.1) is 0 Å². The maximum absolute atomic E-state index is 11.5. The van der Waals surface area contributed by atoms with Crippen molar-refractivity contribution in [2.24, 2.45) is 5.73 Å². The molecule has 0 atom stereocenters. The van der Waals surface area contributed by atoms with Crippen LogP contribution in [0.5, 0.6) is 5.75 Å². The molecule has 1 aromatic carbocycles. The summed E-state index contributed by atoms with van der Waals surface area (Å²) in [7, 11) is 1.49. The molecule has 0 heterocycles. The summed E-state index contributed by atoms with van der Waals surface area (Å²) in [5, 5.41) is 3.08. The minimum atomic E-state index is -0.516. The molecule has 0 fully saturated rings. The van der Waals surface area contributed by atoms with Crippen molar-refractivity contribution in [1.82, 2.24) is 0 Å². The van der Waals surface area contributed by atoms with Gasteiger partial charge < -0.3 is 15.8 Å². The van der Waals surface area contributed by atoms with Crippen molar-refractivity contribution in [3.05, 3.63) is 23.2 Å². The van der Waals surface area contributed by atoms with E-state index in [0.29, 0.717) is 16.5 Å². The first-order valence-corrected chi connectivity index (χ1v) is 5.32. The Morgan fingerprint density at radius 2 is 2.12 bits per heavy atom. The number of carbonyl (C=O) groups excluding carboxylic acids is 2. The highest BCUT2D eigenvalue weighted by Gasteiger charge is 2.09. The number of nitrogens with one attached hydrogen (secondary N) is 1. The number of amides is 2. The number of nitrogens with two attached hydrogens (primary N) is 1. The molecular weight excluding hydrogens is 244 g/mol. The Hall–Kier alpha value is -1.75. The van der Waals surface area contributed by atoms with Gasteiger partial charge in [-0.05, 0) is 18.2 Å². The molecule has 1 rings (SSSR count). The molecule has 0 unspecified atom stereocenters. The first-order valence-electron chi connectivity index (χ1n) is 4.94. The molecule has 0 saturated heterocycles. The molecule has 0 aliphatic carbocycles. The fourth-order valence-corrected chi connectivity index (χ4v) is 1.40. The largest absolute Gasteiger partial charge is 0.495 e. The summed E-state index contributed by atoms with van der Waals surface area (Å²) in [4.78, 5) is 22.0. The number of hydrogen-bond donors (Lipinski definition) is 2. The molecule has 17 heavy (non-hydrogen) atoms. The van der Waals surface area contributed by atoms with Crippen LogP contribution in [-0.2, 0) is 9.59 Å². The van der Waals surface area contributed by atoms with E-state index < -0.39 is 5.91 Å². The van der Waals surface area contributed by atoms with E-state index >= 15 is 0 Å². The molecular formula is C11H13ClN2O3. The normalized spacial score (nSPS) is 9.76. The van der Waals surface area contributed by atoms with Crippen LogP contribution in [0, 0.1) is 0 Å². The minimum Gasteiger partial charge on any atom is -0.495 e. The van der Waals surface area contributed by atoms with Crippen LogP contribution in [0.3, 0.4) is 0 Å². The van der Waals surface area contributed by atoms with Crippen molar-refractivity contribution < 1.29 is 14.3 Å². The average molecular weight is 257 g/mol. The number of methoxy groups -OCH3 is 1. The van der Waals surface area contributed by atoms with Crippen molar-refractivity contribution in [2.75, 3.05) is 12.4 Å². The first kappa shape index (κ1) is 13.3. The maximum atomic E-state index is 11.5. The third kappa shape index (κ3) is 4.32. The molecule has 0 spiro atoms. The van der Waals surface area contributed by atoms with Gasteiger partial charge in [-0.3, -0.25) is 9.59 Å². The van der Waals surface area contributed by atoms with E-state index in [-0.39, 0.29) is 18.7 Å². The number of benzene rings is 1. The van der Waals surface area contributed by atoms with E-state index in [0.717, 1.165) is 0 Å². The monoisotopic (exact) mass is 256 g/mol. The Morgan fingerprint density at radius 3 is 2.71 bits per heavy atom. The third-order valence-electron chi connectivity index (χ3n) is 2.03. The van der Waals surface area contributed by atoms with Crippen LogP contribution >= 0.6 is 11.6 Å². The van der Waals surface area contributed by atoms with Crippen molar-refractivity contribution >= 4 is 29.1 Å². The highest BCUT2D eigenvalue weighted by Crippen LogP contribution is 2.27. The van der Waals surface area contributed by atoms with E-state index in [2.05, 4.69) is 5.32 Å². The smallest absolute Gasteiger partial charge is 0.224 e. The molecule has 0 aliphatic rings.